The van der Waals surface area contributed by atoms with Crippen molar-refractivity contribution in [2.75, 3.05) is 13.7 Å². The first-order chi connectivity index (χ1) is 10.7. The van der Waals surface area contributed by atoms with E-state index < -0.39 is 0 Å². The molecule has 1 heterocycles. The quantitative estimate of drug-likeness (QED) is 0.849. The maximum absolute atomic E-state index is 12.4. The minimum atomic E-state index is -0.377. The van der Waals surface area contributed by atoms with E-state index in [1.165, 1.54) is 0 Å². The molecule has 0 unspecified atom stereocenters. The van der Waals surface area contributed by atoms with E-state index in [-0.39, 0.29) is 17.9 Å². The summed E-state index contributed by atoms with van der Waals surface area (Å²) in [6, 6.07) is 10.7. The second kappa shape index (κ2) is 6.15. The van der Waals surface area contributed by atoms with Gasteiger partial charge in [-0.15, -0.1) is 0 Å². The van der Waals surface area contributed by atoms with Gasteiger partial charge in [0.1, 0.15) is 5.75 Å². The number of nitrogens with one attached hydrogen (secondary N) is 2. The molecule has 2 aromatic carbocycles. The van der Waals surface area contributed by atoms with Crippen molar-refractivity contribution in [2.45, 2.75) is 18.9 Å². The van der Waals surface area contributed by atoms with Crippen molar-refractivity contribution in [2.24, 2.45) is 0 Å². The Morgan fingerprint density at radius 1 is 1.18 bits per heavy atom. The number of ether oxygens (including phenoxy) is 1. The molecule has 114 valence electrons. The first-order valence-electron chi connectivity index (χ1n) is 7.35. The molecule has 0 bridgehead atoms. The second-order valence-electron chi connectivity index (χ2n) is 5.33. The average Bonchev–Trinajstić information content (AvgIpc) is 3.08. The second-order valence-corrected chi connectivity index (χ2v) is 5.33. The van der Waals surface area contributed by atoms with Crippen LogP contribution in [0.15, 0.2) is 36.4 Å². The number of benzene rings is 2. The molecule has 1 aliphatic heterocycles. The van der Waals surface area contributed by atoms with Gasteiger partial charge in [-0.3, -0.25) is 14.9 Å². The van der Waals surface area contributed by atoms with Crippen molar-refractivity contribution < 1.29 is 14.3 Å². The summed E-state index contributed by atoms with van der Waals surface area (Å²) in [5.41, 5.74) is 0.475. The van der Waals surface area contributed by atoms with E-state index in [0.29, 0.717) is 11.3 Å². The maximum atomic E-state index is 12.4. The molecule has 1 saturated heterocycles. The standard InChI is InChI=1S/C17H18N2O3/c1-22-15-9-8-13(11-5-2-3-6-12(11)15)16(20)19-17(21)14-7-4-10-18-14/h2-3,5-6,8-9,14,18H,4,7,10H2,1H3,(H,19,20,21)/t14-/m0/s1. The number of carbonyl (C=O) groups excluding carboxylic acids is 2. The van der Waals surface area contributed by atoms with Gasteiger partial charge in [0, 0.05) is 10.9 Å². The fourth-order valence-electron chi connectivity index (χ4n) is 2.82. The first kappa shape index (κ1) is 14.5. The number of amides is 2. The highest BCUT2D eigenvalue weighted by atomic mass is 16.5. The summed E-state index contributed by atoms with van der Waals surface area (Å²) in [6.07, 6.45) is 1.72. The molecular formula is C17H18N2O3. The number of imide groups is 1. The van der Waals surface area contributed by atoms with Gasteiger partial charge in [-0.1, -0.05) is 24.3 Å². The highest BCUT2D eigenvalue weighted by Gasteiger charge is 2.24. The molecule has 1 atom stereocenters. The lowest BCUT2D eigenvalue weighted by atomic mass is 10.0. The molecule has 22 heavy (non-hydrogen) atoms. The molecule has 1 fully saturated rings. The van der Waals surface area contributed by atoms with E-state index in [2.05, 4.69) is 10.6 Å². The highest BCUT2D eigenvalue weighted by molar-refractivity contribution is 6.13. The number of rotatable bonds is 3. The number of carbonyl (C=O) groups is 2. The molecule has 2 amide bonds. The summed E-state index contributed by atoms with van der Waals surface area (Å²) in [6.45, 7) is 0.817. The largest absolute Gasteiger partial charge is 0.496 e. The molecule has 0 aliphatic carbocycles. The summed E-state index contributed by atoms with van der Waals surface area (Å²) >= 11 is 0. The van der Waals surface area contributed by atoms with E-state index in [1.807, 2.05) is 24.3 Å². The van der Waals surface area contributed by atoms with Crippen molar-refractivity contribution in [1.29, 1.82) is 0 Å². The molecule has 0 saturated carbocycles. The van der Waals surface area contributed by atoms with Gasteiger partial charge in [-0.2, -0.15) is 0 Å². The average molecular weight is 298 g/mol. The van der Waals surface area contributed by atoms with Gasteiger partial charge in [0.25, 0.3) is 5.91 Å². The molecular weight excluding hydrogens is 280 g/mol. The van der Waals surface area contributed by atoms with Gasteiger partial charge >= 0.3 is 0 Å². The van der Waals surface area contributed by atoms with Crippen LogP contribution in [0, 0.1) is 0 Å². The third-order valence-corrected chi connectivity index (χ3v) is 3.96. The Hall–Kier alpha value is -2.40. The topological polar surface area (TPSA) is 67.4 Å². The SMILES string of the molecule is COc1ccc(C(=O)NC(=O)[C@@H]2CCCN2)c2ccccc12. The summed E-state index contributed by atoms with van der Waals surface area (Å²) in [5, 5.41) is 7.19. The van der Waals surface area contributed by atoms with Crippen LogP contribution in [0.2, 0.25) is 0 Å². The minimum absolute atomic E-state index is 0.262. The van der Waals surface area contributed by atoms with Gasteiger partial charge in [0.15, 0.2) is 0 Å². The van der Waals surface area contributed by atoms with Gasteiger partial charge in [-0.25, -0.2) is 0 Å². The molecule has 0 aromatic heterocycles. The van der Waals surface area contributed by atoms with Gasteiger partial charge in [0.2, 0.25) is 5.91 Å². The van der Waals surface area contributed by atoms with Gasteiger partial charge in [-0.05, 0) is 36.9 Å². The van der Waals surface area contributed by atoms with Crippen LogP contribution in [-0.4, -0.2) is 31.5 Å². The van der Waals surface area contributed by atoms with Crippen LogP contribution in [0.5, 0.6) is 5.75 Å². The zero-order valence-electron chi connectivity index (χ0n) is 12.4. The van der Waals surface area contributed by atoms with Crippen LogP contribution in [0.4, 0.5) is 0 Å². The monoisotopic (exact) mass is 298 g/mol. The molecule has 2 aromatic rings. The van der Waals surface area contributed by atoms with Crippen molar-refractivity contribution in [3.8, 4) is 5.75 Å². The molecule has 5 nitrogen and oxygen atoms in total. The van der Waals surface area contributed by atoms with Crippen LogP contribution in [-0.2, 0) is 4.79 Å². The van der Waals surface area contributed by atoms with E-state index >= 15 is 0 Å². The van der Waals surface area contributed by atoms with E-state index in [9.17, 15) is 9.59 Å². The molecule has 2 N–H and O–H groups in total. The minimum Gasteiger partial charge on any atom is -0.496 e. The van der Waals surface area contributed by atoms with E-state index in [1.54, 1.807) is 19.2 Å². The van der Waals surface area contributed by atoms with E-state index in [0.717, 1.165) is 30.2 Å². The predicted molar refractivity (Wildman–Crippen MR) is 84.0 cm³/mol. The lowest BCUT2D eigenvalue weighted by molar-refractivity contribution is -0.121. The molecule has 0 radical (unpaired) electrons. The Morgan fingerprint density at radius 2 is 1.95 bits per heavy atom. The number of hydrogen-bond donors (Lipinski definition) is 2. The Kier molecular flexibility index (Phi) is 4.06. The molecule has 5 heteroatoms. The molecule has 1 aliphatic rings. The summed E-state index contributed by atoms with van der Waals surface area (Å²) in [4.78, 5) is 24.5. The Morgan fingerprint density at radius 3 is 2.64 bits per heavy atom. The van der Waals surface area contributed by atoms with Crippen LogP contribution in [0.1, 0.15) is 23.2 Å². The summed E-state index contributed by atoms with van der Waals surface area (Å²) < 4.78 is 5.32. The van der Waals surface area contributed by atoms with E-state index in [4.69, 9.17) is 4.74 Å². The third-order valence-electron chi connectivity index (χ3n) is 3.96. The number of hydrogen-bond acceptors (Lipinski definition) is 4. The Balaban J connectivity index is 1.89. The van der Waals surface area contributed by atoms with Crippen LogP contribution < -0.4 is 15.4 Å². The van der Waals surface area contributed by atoms with Crippen LogP contribution >= 0.6 is 0 Å². The normalized spacial score (nSPS) is 17.4. The fourth-order valence-corrected chi connectivity index (χ4v) is 2.82. The zero-order chi connectivity index (χ0) is 15.5. The maximum Gasteiger partial charge on any atom is 0.258 e. The highest BCUT2D eigenvalue weighted by Crippen LogP contribution is 2.28. The van der Waals surface area contributed by atoms with Crippen LogP contribution in [0.3, 0.4) is 0 Å². The smallest absolute Gasteiger partial charge is 0.258 e. The van der Waals surface area contributed by atoms with Crippen LogP contribution in [0.25, 0.3) is 10.8 Å². The van der Waals surface area contributed by atoms with Crippen molar-refractivity contribution in [3.63, 3.8) is 0 Å². The molecule has 3 rings (SSSR count). The third kappa shape index (κ3) is 2.67. The van der Waals surface area contributed by atoms with Crippen molar-refractivity contribution >= 4 is 22.6 Å². The first-order valence-corrected chi connectivity index (χ1v) is 7.35. The lowest BCUT2D eigenvalue weighted by Gasteiger charge is -2.12. The van der Waals surface area contributed by atoms with Crippen molar-refractivity contribution in [1.82, 2.24) is 10.6 Å². The molecule has 0 spiro atoms. The fraction of sp³-hybridized carbons (Fsp3) is 0.294. The van der Waals surface area contributed by atoms with Gasteiger partial charge < -0.3 is 10.1 Å². The zero-order valence-corrected chi connectivity index (χ0v) is 12.4. The summed E-state index contributed by atoms with van der Waals surface area (Å²) in [7, 11) is 1.59. The van der Waals surface area contributed by atoms with Gasteiger partial charge in [0.05, 0.1) is 13.2 Å². The Bertz CT molecular complexity index is 721. The summed E-state index contributed by atoms with van der Waals surface area (Å²) in [5.74, 6) is 0.0656. The lowest BCUT2D eigenvalue weighted by Crippen LogP contribution is -2.43. The number of fused-ring (bicyclic) bond motifs is 1. The predicted octanol–water partition coefficient (Wildman–Crippen LogP) is 1.86. The Labute approximate surface area is 128 Å². The number of methoxy groups -OCH3 is 1. The van der Waals surface area contributed by atoms with Crippen molar-refractivity contribution in [3.05, 3.63) is 42.0 Å².